The summed E-state index contributed by atoms with van der Waals surface area (Å²) in [7, 11) is 0. The molecular formula is C18H20FN3O2. The molecule has 24 heavy (non-hydrogen) atoms. The Labute approximate surface area is 140 Å². The fourth-order valence-electron chi connectivity index (χ4n) is 2.41. The van der Waals surface area contributed by atoms with Gasteiger partial charge >= 0.3 is 0 Å². The number of halogens is 1. The summed E-state index contributed by atoms with van der Waals surface area (Å²) >= 11 is 0. The highest BCUT2D eigenvalue weighted by atomic mass is 19.1. The molecule has 0 aliphatic heterocycles. The molecule has 2 aromatic rings. The molecule has 0 saturated heterocycles. The van der Waals surface area contributed by atoms with Crippen LogP contribution in [0.2, 0.25) is 0 Å². The van der Waals surface area contributed by atoms with Crippen molar-refractivity contribution in [3.05, 3.63) is 59.9 Å². The molecule has 0 radical (unpaired) electrons. The third-order valence-corrected chi connectivity index (χ3v) is 3.50. The van der Waals surface area contributed by atoms with Gasteiger partial charge in [-0.1, -0.05) is 18.2 Å². The van der Waals surface area contributed by atoms with E-state index in [9.17, 15) is 14.0 Å². The van der Waals surface area contributed by atoms with Crippen LogP contribution in [-0.2, 0) is 4.79 Å². The lowest BCUT2D eigenvalue weighted by molar-refractivity contribution is -0.117. The van der Waals surface area contributed by atoms with Crippen molar-refractivity contribution in [2.24, 2.45) is 5.73 Å². The maximum atomic E-state index is 13.5. The summed E-state index contributed by atoms with van der Waals surface area (Å²) in [6.45, 7) is 3.86. The van der Waals surface area contributed by atoms with E-state index >= 15 is 0 Å². The number of carbonyl (C=O) groups is 2. The number of benzene rings is 2. The largest absolute Gasteiger partial charge is 0.376 e. The van der Waals surface area contributed by atoms with Crippen LogP contribution in [0.1, 0.15) is 24.2 Å². The van der Waals surface area contributed by atoms with Gasteiger partial charge in [0.05, 0.1) is 12.1 Å². The zero-order valence-electron chi connectivity index (χ0n) is 13.6. The summed E-state index contributed by atoms with van der Waals surface area (Å²) in [5.41, 5.74) is 6.17. The fourth-order valence-corrected chi connectivity index (χ4v) is 2.41. The van der Waals surface area contributed by atoms with Gasteiger partial charge in [-0.25, -0.2) is 4.39 Å². The van der Waals surface area contributed by atoms with E-state index < -0.39 is 11.7 Å². The molecule has 0 heterocycles. The number of nitrogens with one attached hydrogen (secondary N) is 1. The summed E-state index contributed by atoms with van der Waals surface area (Å²) in [5, 5.41) is 2.91. The van der Waals surface area contributed by atoms with Gasteiger partial charge in [0.1, 0.15) is 5.82 Å². The summed E-state index contributed by atoms with van der Waals surface area (Å²) in [4.78, 5) is 25.4. The Morgan fingerprint density at radius 1 is 1.17 bits per heavy atom. The quantitative estimate of drug-likeness (QED) is 0.856. The van der Waals surface area contributed by atoms with E-state index in [1.807, 2.05) is 44.2 Å². The first-order valence-corrected chi connectivity index (χ1v) is 7.60. The van der Waals surface area contributed by atoms with Gasteiger partial charge in [-0.05, 0) is 44.2 Å². The molecule has 0 spiro atoms. The molecule has 0 unspecified atom stereocenters. The zero-order valence-corrected chi connectivity index (χ0v) is 13.6. The minimum Gasteiger partial charge on any atom is -0.376 e. The number of nitrogens with two attached hydrogens (primary N) is 1. The van der Waals surface area contributed by atoms with E-state index in [0.717, 1.165) is 11.8 Å². The van der Waals surface area contributed by atoms with Crippen LogP contribution in [0.4, 0.5) is 15.8 Å². The number of amides is 2. The van der Waals surface area contributed by atoms with Crippen LogP contribution in [0.5, 0.6) is 0 Å². The van der Waals surface area contributed by atoms with Crippen LogP contribution >= 0.6 is 0 Å². The summed E-state index contributed by atoms with van der Waals surface area (Å²) in [5.74, 6) is -1.68. The number of hydrogen-bond acceptors (Lipinski definition) is 3. The summed E-state index contributed by atoms with van der Waals surface area (Å²) in [6.07, 6.45) is 0. The summed E-state index contributed by atoms with van der Waals surface area (Å²) < 4.78 is 13.5. The molecule has 2 amide bonds. The van der Waals surface area contributed by atoms with Gasteiger partial charge < -0.3 is 16.0 Å². The molecule has 5 nitrogen and oxygen atoms in total. The second kappa shape index (κ2) is 7.59. The molecule has 0 bridgehead atoms. The van der Waals surface area contributed by atoms with E-state index in [-0.39, 0.29) is 24.1 Å². The highest BCUT2D eigenvalue weighted by Gasteiger charge is 2.18. The number of para-hydroxylation sites is 1. The van der Waals surface area contributed by atoms with E-state index in [1.54, 1.807) is 4.90 Å². The van der Waals surface area contributed by atoms with Crippen LogP contribution < -0.4 is 16.0 Å². The average Bonchev–Trinajstić information content (AvgIpc) is 2.54. The van der Waals surface area contributed by atoms with Crippen LogP contribution in [0.3, 0.4) is 0 Å². The Balaban J connectivity index is 2.11. The number of primary amides is 1. The summed E-state index contributed by atoms with van der Waals surface area (Å²) in [6, 6.07) is 13.2. The molecule has 6 heteroatoms. The van der Waals surface area contributed by atoms with Crippen molar-refractivity contribution in [3.8, 4) is 0 Å². The maximum Gasteiger partial charge on any atom is 0.251 e. The van der Waals surface area contributed by atoms with Crippen molar-refractivity contribution < 1.29 is 14.0 Å². The Hall–Kier alpha value is -2.89. The molecule has 0 fully saturated rings. The van der Waals surface area contributed by atoms with E-state index in [4.69, 9.17) is 5.73 Å². The minimum atomic E-state index is -0.851. The van der Waals surface area contributed by atoms with Crippen molar-refractivity contribution in [2.45, 2.75) is 19.9 Å². The van der Waals surface area contributed by atoms with Gasteiger partial charge in [0.15, 0.2) is 0 Å². The standard InChI is InChI=1S/C18H20FN3O2/c1-12(2)22(14-6-4-3-5-7-14)17(23)11-21-13-8-9-16(19)15(10-13)18(20)24/h3-10,12,21H,11H2,1-2H3,(H2,20,24). The normalized spacial score (nSPS) is 10.5. The van der Waals surface area contributed by atoms with Gasteiger partial charge in [-0.3, -0.25) is 9.59 Å². The van der Waals surface area contributed by atoms with E-state index in [2.05, 4.69) is 5.32 Å². The van der Waals surface area contributed by atoms with Gasteiger partial charge in [0, 0.05) is 17.4 Å². The number of anilines is 2. The molecule has 3 N–H and O–H groups in total. The Bertz CT molecular complexity index is 732. The molecule has 0 aliphatic rings. The fraction of sp³-hybridized carbons (Fsp3) is 0.222. The number of rotatable bonds is 6. The monoisotopic (exact) mass is 329 g/mol. The van der Waals surface area contributed by atoms with Gasteiger partial charge in [-0.2, -0.15) is 0 Å². The second-order valence-electron chi connectivity index (χ2n) is 5.61. The van der Waals surface area contributed by atoms with Crippen molar-refractivity contribution in [2.75, 3.05) is 16.8 Å². The van der Waals surface area contributed by atoms with E-state index in [0.29, 0.717) is 5.69 Å². The number of carbonyl (C=O) groups excluding carboxylic acids is 2. The predicted octanol–water partition coefficient (Wildman–Crippen LogP) is 2.78. The highest BCUT2D eigenvalue weighted by molar-refractivity contribution is 5.97. The van der Waals surface area contributed by atoms with Gasteiger partial charge in [0.25, 0.3) is 5.91 Å². The molecular weight excluding hydrogens is 309 g/mol. The Kier molecular flexibility index (Phi) is 5.52. The SMILES string of the molecule is CC(C)N(C(=O)CNc1ccc(F)c(C(N)=O)c1)c1ccccc1. The number of hydrogen-bond donors (Lipinski definition) is 2. The third-order valence-electron chi connectivity index (χ3n) is 3.50. The zero-order chi connectivity index (χ0) is 17.7. The first-order valence-electron chi connectivity index (χ1n) is 7.60. The molecule has 0 aromatic heterocycles. The van der Waals surface area contributed by atoms with E-state index in [1.165, 1.54) is 12.1 Å². The van der Waals surface area contributed by atoms with Crippen molar-refractivity contribution in [1.29, 1.82) is 0 Å². The van der Waals surface area contributed by atoms with Crippen molar-refractivity contribution in [1.82, 2.24) is 0 Å². The molecule has 0 atom stereocenters. The van der Waals surface area contributed by atoms with Crippen molar-refractivity contribution in [3.63, 3.8) is 0 Å². The second-order valence-corrected chi connectivity index (χ2v) is 5.61. The van der Waals surface area contributed by atoms with Gasteiger partial charge in [-0.15, -0.1) is 0 Å². The molecule has 2 aromatic carbocycles. The average molecular weight is 329 g/mol. The first-order chi connectivity index (χ1) is 11.4. The van der Waals surface area contributed by atoms with Crippen LogP contribution in [0.25, 0.3) is 0 Å². The first kappa shape index (κ1) is 17.5. The van der Waals surface area contributed by atoms with Gasteiger partial charge in [0.2, 0.25) is 5.91 Å². The molecule has 126 valence electrons. The van der Waals surface area contributed by atoms with Crippen LogP contribution in [0.15, 0.2) is 48.5 Å². The molecule has 2 rings (SSSR count). The smallest absolute Gasteiger partial charge is 0.251 e. The Morgan fingerprint density at radius 2 is 1.83 bits per heavy atom. The lowest BCUT2D eigenvalue weighted by atomic mass is 10.1. The van der Waals surface area contributed by atoms with Crippen LogP contribution in [0, 0.1) is 5.82 Å². The Morgan fingerprint density at radius 3 is 2.42 bits per heavy atom. The topological polar surface area (TPSA) is 75.4 Å². The van der Waals surface area contributed by atoms with Crippen LogP contribution in [-0.4, -0.2) is 24.4 Å². The number of nitrogens with zero attached hydrogens (tertiary/aromatic N) is 1. The lowest BCUT2D eigenvalue weighted by Gasteiger charge is -2.27. The minimum absolute atomic E-state index is 0.0108. The lowest BCUT2D eigenvalue weighted by Crippen LogP contribution is -2.40. The highest BCUT2D eigenvalue weighted by Crippen LogP contribution is 2.18. The molecule has 0 aliphatic carbocycles. The maximum absolute atomic E-state index is 13.5. The third kappa shape index (κ3) is 4.10. The van der Waals surface area contributed by atoms with Crippen molar-refractivity contribution >= 4 is 23.2 Å². The predicted molar refractivity (Wildman–Crippen MR) is 92.5 cm³/mol. The molecule has 0 saturated carbocycles.